The van der Waals surface area contributed by atoms with Crippen LogP contribution < -0.4 is 0 Å². The van der Waals surface area contributed by atoms with Crippen LogP contribution in [0.1, 0.15) is 28.9 Å². The molecule has 3 rings (SSSR count). The van der Waals surface area contributed by atoms with Crippen molar-refractivity contribution in [2.24, 2.45) is 0 Å². The molecule has 0 saturated carbocycles. The van der Waals surface area contributed by atoms with E-state index in [0.29, 0.717) is 13.1 Å². The molecule has 1 aliphatic heterocycles. The van der Waals surface area contributed by atoms with E-state index in [9.17, 15) is 15.0 Å². The zero-order valence-electron chi connectivity index (χ0n) is 13.6. The average Bonchev–Trinajstić information content (AvgIpc) is 2.64. The molecule has 126 valence electrons. The second kappa shape index (κ2) is 6.88. The van der Waals surface area contributed by atoms with Gasteiger partial charge >= 0.3 is 0 Å². The van der Waals surface area contributed by atoms with E-state index in [1.807, 2.05) is 12.3 Å². The minimum absolute atomic E-state index is 0.142. The third kappa shape index (κ3) is 3.19. The molecule has 1 aromatic carbocycles. The van der Waals surface area contributed by atoms with Gasteiger partial charge in [0.25, 0.3) is 5.91 Å². The summed E-state index contributed by atoms with van der Waals surface area (Å²) in [7, 11) is 0. The molecule has 1 atom stereocenters. The zero-order chi connectivity index (χ0) is 17.1. The Morgan fingerprint density at radius 3 is 2.54 bits per heavy atom. The predicted molar refractivity (Wildman–Crippen MR) is 89.9 cm³/mol. The number of pyridine rings is 1. The van der Waals surface area contributed by atoms with Crippen LogP contribution in [0.15, 0.2) is 42.7 Å². The van der Waals surface area contributed by atoms with Gasteiger partial charge in [-0.3, -0.25) is 14.7 Å². The Morgan fingerprint density at radius 1 is 1.12 bits per heavy atom. The summed E-state index contributed by atoms with van der Waals surface area (Å²) in [5.41, 5.74) is 1.30. The van der Waals surface area contributed by atoms with Crippen molar-refractivity contribution in [3.05, 3.63) is 53.9 Å². The molecule has 1 fully saturated rings. The summed E-state index contributed by atoms with van der Waals surface area (Å²) in [5.74, 6) is -0.879. The number of para-hydroxylation sites is 1. The first-order chi connectivity index (χ1) is 11.6. The van der Waals surface area contributed by atoms with Crippen molar-refractivity contribution in [1.29, 1.82) is 0 Å². The third-order valence-corrected chi connectivity index (χ3v) is 4.56. The van der Waals surface area contributed by atoms with Gasteiger partial charge in [-0.05, 0) is 30.7 Å². The second-order valence-electron chi connectivity index (χ2n) is 5.96. The quantitative estimate of drug-likeness (QED) is 0.843. The molecular weight excluding hydrogens is 306 g/mol. The number of rotatable bonds is 3. The highest BCUT2D eigenvalue weighted by molar-refractivity contribution is 5.97. The Balaban J connectivity index is 1.65. The number of amides is 1. The standard InChI is InChI=1S/C18H21N3O3/c1-13(14-4-3-7-19-12-14)20-8-10-21(11-9-20)18(24)15-5-2-6-16(22)17(15)23/h2-7,12-13,22-23H,8-11H2,1H3/t13-/m1/s1. The first-order valence-electron chi connectivity index (χ1n) is 8.02. The van der Waals surface area contributed by atoms with Crippen molar-refractivity contribution in [2.45, 2.75) is 13.0 Å². The van der Waals surface area contributed by atoms with E-state index in [4.69, 9.17) is 0 Å². The number of phenolic OH excluding ortho intramolecular Hbond substituents is 2. The Bertz CT molecular complexity index is 713. The number of carbonyl (C=O) groups is 1. The maximum absolute atomic E-state index is 12.5. The minimum Gasteiger partial charge on any atom is -0.504 e. The van der Waals surface area contributed by atoms with Gasteiger partial charge in [0, 0.05) is 44.6 Å². The average molecular weight is 327 g/mol. The molecule has 0 bridgehead atoms. The number of hydrogen-bond acceptors (Lipinski definition) is 5. The Hall–Kier alpha value is -2.60. The third-order valence-electron chi connectivity index (χ3n) is 4.56. The van der Waals surface area contributed by atoms with Crippen LogP contribution in [0, 0.1) is 0 Å². The van der Waals surface area contributed by atoms with Gasteiger partial charge < -0.3 is 15.1 Å². The van der Waals surface area contributed by atoms with Gasteiger partial charge in [-0.15, -0.1) is 0 Å². The smallest absolute Gasteiger partial charge is 0.257 e. The molecule has 1 saturated heterocycles. The minimum atomic E-state index is -0.353. The molecule has 2 heterocycles. The molecule has 0 aliphatic carbocycles. The molecule has 24 heavy (non-hydrogen) atoms. The Labute approximate surface area is 141 Å². The normalized spacial score (nSPS) is 16.8. The monoisotopic (exact) mass is 327 g/mol. The van der Waals surface area contributed by atoms with E-state index in [1.54, 1.807) is 17.2 Å². The number of phenols is 2. The van der Waals surface area contributed by atoms with Crippen molar-refractivity contribution in [1.82, 2.24) is 14.8 Å². The van der Waals surface area contributed by atoms with Gasteiger partial charge in [0.1, 0.15) is 0 Å². The van der Waals surface area contributed by atoms with E-state index < -0.39 is 0 Å². The van der Waals surface area contributed by atoms with E-state index >= 15 is 0 Å². The molecule has 0 radical (unpaired) electrons. The molecule has 2 N–H and O–H groups in total. The van der Waals surface area contributed by atoms with Gasteiger partial charge in [-0.25, -0.2) is 0 Å². The summed E-state index contributed by atoms with van der Waals surface area (Å²) in [5, 5.41) is 19.4. The number of piperazine rings is 1. The summed E-state index contributed by atoms with van der Waals surface area (Å²) in [6, 6.07) is 8.67. The van der Waals surface area contributed by atoms with Gasteiger partial charge in [-0.1, -0.05) is 12.1 Å². The maximum Gasteiger partial charge on any atom is 0.257 e. The summed E-state index contributed by atoms with van der Waals surface area (Å²) < 4.78 is 0. The van der Waals surface area contributed by atoms with Crippen LogP contribution in [0.4, 0.5) is 0 Å². The highest BCUT2D eigenvalue weighted by Gasteiger charge is 2.27. The highest BCUT2D eigenvalue weighted by Crippen LogP contribution is 2.29. The van der Waals surface area contributed by atoms with E-state index in [-0.39, 0.29) is 29.0 Å². The fourth-order valence-corrected chi connectivity index (χ4v) is 3.02. The molecule has 1 amide bonds. The van der Waals surface area contributed by atoms with E-state index in [2.05, 4.69) is 22.9 Å². The lowest BCUT2D eigenvalue weighted by atomic mass is 10.1. The molecule has 1 aromatic heterocycles. The van der Waals surface area contributed by atoms with Gasteiger partial charge in [-0.2, -0.15) is 0 Å². The predicted octanol–water partition coefficient (Wildman–Crippen LogP) is 2.01. The topological polar surface area (TPSA) is 76.9 Å². The fraction of sp³-hybridized carbons (Fsp3) is 0.333. The molecule has 0 spiro atoms. The first kappa shape index (κ1) is 16.3. The summed E-state index contributed by atoms with van der Waals surface area (Å²) in [6.07, 6.45) is 3.63. The van der Waals surface area contributed by atoms with Crippen LogP contribution in [0.2, 0.25) is 0 Å². The Morgan fingerprint density at radius 2 is 1.88 bits per heavy atom. The molecule has 6 heteroatoms. The SMILES string of the molecule is C[C@H](c1cccnc1)N1CCN(C(=O)c2cccc(O)c2O)CC1. The lowest BCUT2D eigenvalue weighted by Crippen LogP contribution is -2.49. The summed E-state index contributed by atoms with van der Waals surface area (Å²) in [4.78, 5) is 20.7. The number of aromatic hydroxyl groups is 2. The first-order valence-corrected chi connectivity index (χ1v) is 8.02. The van der Waals surface area contributed by atoms with E-state index in [1.165, 1.54) is 12.1 Å². The van der Waals surface area contributed by atoms with Crippen LogP contribution in [0.3, 0.4) is 0 Å². The molecule has 2 aromatic rings. The van der Waals surface area contributed by atoms with Crippen molar-refractivity contribution in [3.8, 4) is 11.5 Å². The van der Waals surface area contributed by atoms with Gasteiger partial charge in [0.05, 0.1) is 5.56 Å². The summed E-state index contributed by atoms with van der Waals surface area (Å²) in [6.45, 7) is 4.80. The number of hydrogen-bond donors (Lipinski definition) is 2. The molecule has 1 aliphatic rings. The van der Waals surface area contributed by atoms with Crippen LogP contribution in [-0.2, 0) is 0 Å². The lowest BCUT2D eigenvalue weighted by molar-refractivity contribution is 0.0578. The highest BCUT2D eigenvalue weighted by atomic mass is 16.3. The van der Waals surface area contributed by atoms with Crippen molar-refractivity contribution in [3.63, 3.8) is 0 Å². The number of nitrogens with zero attached hydrogens (tertiary/aromatic N) is 3. The largest absolute Gasteiger partial charge is 0.504 e. The van der Waals surface area contributed by atoms with Gasteiger partial charge in [0.2, 0.25) is 0 Å². The molecule has 6 nitrogen and oxygen atoms in total. The van der Waals surface area contributed by atoms with Crippen LogP contribution in [0.25, 0.3) is 0 Å². The number of benzene rings is 1. The van der Waals surface area contributed by atoms with Gasteiger partial charge in [0.15, 0.2) is 11.5 Å². The summed E-state index contributed by atoms with van der Waals surface area (Å²) >= 11 is 0. The van der Waals surface area contributed by atoms with Crippen LogP contribution >= 0.6 is 0 Å². The molecular formula is C18H21N3O3. The van der Waals surface area contributed by atoms with Crippen LogP contribution in [-0.4, -0.2) is 57.1 Å². The fourth-order valence-electron chi connectivity index (χ4n) is 3.02. The number of aromatic nitrogens is 1. The van der Waals surface area contributed by atoms with Crippen molar-refractivity contribution < 1.29 is 15.0 Å². The Kier molecular flexibility index (Phi) is 4.66. The van der Waals surface area contributed by atoms with Crippen molar-refractivity contribution >= 4 is 5.91 Å². The van der Waals surface area contributed by atoms with Crippen molar-refractivity contribution in [2.75, 3.05) is 26.2 Å². The van der Waals surface area contributed by atoms with Crippen LogP contribution in [0.5, 0.6) is 11.5 Å². The maximum atomic E-state index is 12.5. The second-order valence-corrected chi connectivity index (χ2v) is 5.96. The lowest BCUT2D eigenvalue weighted by Gasteiger charge is -2.38. The number of carbonyl (C=O) groups excluding carboxylic acids is 1. The molecule has 0 unspecified atom stereocenters. The zero-order valence-corrected chi connectivity index (χ0v) is 13.6. The van der Waals surface area contributed by atoms with E-state index in [0.717, 1.165) is 18.7 Å².